The molecule has 20 heavy (non-hydrogen) atoms. The lowest BCUT2D eigenvalue weighted by Crippen LogP contribution is -2.37. The molecule has 2 rings (SSSR count). The van der Waals surface area contributed by atoms with Gasteiger partial charge in [-0.15, -0.1) is 0 Å². The lowest BCUT2D eigenvalue weighted by Gasteiger charge is -2.22. The van der Waals surface area contributed by atoms with Crippen LogP contribution in [0.5, 0.6) is 0 Å². The van der Waals surface area contributed by atoms with E-state index < -0.39 is 29.7 Å². The molecule has 5 heteroatoms. The smallest absolute Gasteiger partial charge is 0.226 e. The molecule has 0 saturated heterocycles. The van der Waals surface area contributed by atoms with Gasteiger partial charge in [0.25, 0.3) is 0 Å². The number of halogens is 2. The monoisotopic (exact) mass is 283 g/mol. The van der Waals surface area contributed by atoms with E-state index in [0.717, 1.165) is 24.6 Å². The molecule has 3 unspecified atom stereocenters. The predicted molar refractivity (Wildman–Crippen MR) is 70.9 cm³/mol. The Morgan fingerprint density at radius 2 is 2.20 bits per heavy atom. The average Bonchev–Trinajstić information content (AvgIpc) is 2.85. The Labute approximate surface area is 117 Å². The van der Waals surface area contributed by atoms with E-state index in [1.54, 1.807) is 6.92 Å². The first kappa shape index (κ1) is 14.9. The van der Waals surface area contributed by atoms with Gasteiger partial charge in [-0.3, -0.25) is 4.79 Å². The Hall–Kier alpha value is -1.49. The molecule has 1 aromatic rings. The lowest BCUT2D eigenvalue weighted by molar-refractivity contribution is -0.128. The van der Waals surface area contributed by atoms with Gasteiger partial charge >= 0.3 is 0 Å². The third-order valence-corrected chi connectivity index (χ3v) is 3.87. The van der Waals surface area contributed by atoms with E-state index in [1.165, 1.54) is 0 Å². The normalized spacial score (nSPS) is 23.6. The third kappa shape index (κ3) is 3.15. The van der Waals surface area contributed by atoms with E-state index in [-0.39, 0.29) is 11.5 Å². The van der Waals surface area contributed by atoms with Crippen LogP contribution < -0.4 is 5.32 Å². The minimum absolute atomic E-state index is 0.147. The quantitative estimate of drug-likeness (QED) is 0.892. The van der Waals surface area contributed by atoms with Crippen LogP contribution in [0.2, 0.25) is 0 Å². The highest BCUT2D eigenvalue weighted by Crippen LogP contribution is 2.27. The molecule has 0 spiro atoms. The summed E-state index contributed by atoms with van der Waals surface area (Å²) in [7, 11) is 0. The number of hydrogen-bond donors (Lipinski definition) is 2. The first-order valence-electron chi connectivity index (χ1n) is 6.96. The van der Waals surface area contributed by atoms with Crippen LogP contribution in [0.1, 0.15) is 44.2 Å². The number of aliphatic hydroxyl groups is 1. The lowest BCUT2D eigenvalue weighted by atomic mass is 10.0. The van der Waals surface area contributed by atoms with Crippen molar-refractivity contribution in [1.29, 1.82) is 0 Å². The van der Waals surface area contributed by atoms with Crippen LogP contribution in [0.25, 0.3) is 0 Å². The third-order valence-electron chi connectivity index (χ3n) is 3.87. The van der Waals surface area contributed by atoms with Crippen molar-refractivity contribution in [3.8, 4) is 0 Å². The van der Waals surface area contributed by atoms with Crippen molar-refractivity contribution in [2.45, 2.75) is 44.8 Å². The number of carbonyl (C=O) groups is 1. The van der Waals surface area contributed by atoms with E-state index in [9.17, 15) is 18.7 Å². The van der Waals surface area contributed by atoms with Crippen LogP contribution in [-0.2, 0) is 4.79 Å². The van der Waals surface area contributed by atoms with Crippen molar-refractivity contribution < 1.29 is 18.7 Å². The minimum atomic E-state index is -0.634. The molecule has 0 aliphatic heterocycles. The second-order valence-electron chi connectivity index (χ2n) is 5.24. The van der Waals surface area contributed by atoms with Crippen LogP contribution in [-0.4, -0.2) is 17.1 Å². The fraction of sp³-hybridized carbons (Fsp3) is 0.533. The van der Waals surface area contributed by atoms with Crippen molar-refractivity contribution in [2.24, 2.45) is 5.92 Å². The molecule has 0 aromatic heterocycles. The fourth-order valence-corrected chi connectivity index (χ4v) is 2.71. The maximum Gasteiger partial charge on any atom is 0.226 e. The van der Waals surface area contributed by atoms with Crippen molar-refractivity contribution in [3.05, 3.63) is 35.4 Å². The molecule has 3 atom stereocenters. The number of nitrogens with one attached hydrogen (secondary N) is 1. The summed E-state index contributed by atoms with van der Waals surface area (Å²) in [5.41, 5.74) is 0.147. The van der Waals surface area contributed by atoms with Crippen LogP contribution in [0.4, 0.5) is 8.78 Å². The van der Waals surface area contributed by atoms with Gasteiger partial charge in [0.1, 0.15) is 11.6 Å². The van der Waals surface area contributed by atoms with Gasteiger partial charge in [-0.1, -0.05) is 6.92 Å². The SMILES string of the molecule is CCC(NC(=O)C1CCCC1O)c1cc(F)ccc1F. The fourth-order valence-electron chi connectivity index (χ4n) is 2.71. The second-order valence-corrected chi connectivity index (χ2v) is 5.24. The van der Waals surface area contributed by atoms with Gasteiger partial charge in [-0.2, -0.15) is 0 Å². The van der Waals surface area contributed by atoms with Gasteiger partial charge in [0.15, 0.2) is 0 Å². The van der Waals surface area contributed by atoms with Gasteiger partial charge in [0.2, 0.25) is 5.91 Å². The second kappa shape index (κ2) is 6.31. The summed E-state index contributed by atoms with van der Waals surface area (Å²) in [4.78, 5) is 12.1. The topological polar surface area (TPSA) is 49.3 Å². The van der Waals surface area contributed by atoms with Crippen molar-refractivity contribution >= 4 is 5.91 Å². The molecule has 110 valence electrons. The molecule has 2 N–H and O–H groups in total. The highest BCUT2D eigenvalue weighted by Gasteiger charge is 2.32. The summed E-state index contributed by atoms with van der Waals surface area (Å²) in [5, 5.41) is 12.4. The van der Waals surface area contributed by atoms with Gasteiger partial charge in [-0.25, -0.2) is 8.78 Å². The standard InChI is InChI=1S/C15H19F2NO2/c1-2-13(11-8-9(16)6-7-12(11)17)18-15(20)10-4-3-5-14(10)19/h6-8,10,13-14,19H,2-5H2,1H3,(H,18,20). The number of rotatable bonds is 4. The van der Waals surface area contributed by atoms with Gasteiger partial charge < -0.3 is 10.4 Å². The summed E-state index contributed by atoms with van der Waals surface area (Å²) < 4.78 is 27.0. The molecule has 0 bridgehead atoms. The number of hydrogen-bond acceptors (Lipinski definition) is 2. The molecule has 1 aliphatic carbocycles. The highest BCUT2D eigenvalue weighted by atomic mass is 19.1. The van der Waals surface area contributed by atoms with E-state index >= 15 is 0 Å². The first-order chi connectivity index (χ1) is 9.52. The number of aliphatic hydroxyl groups excluding tert-OH is 1. The summed E-state index contributed by atoms with van der Waals surface area (Å²) >= 11 is 0. The maximum atomic E-state index is 13.7. The average molecular weight is 283 g/mol. The Morgan fingerprint density at radius 1 is 1.45 bits per heavy atom. The van der Waals surface area contributed by atoms with Crippen LogP contribution in [0.3, 0.4) is 0 Å². The van der Waals surface area contributed by atoms with E-state index in [4.69, 9.17) is 0 Å². The Balaban J connectivity index is 2.12. The zero-order valence-electron chi connectivity index (χ0n) is 11.4. The highest BCUT2D eigenvalue weighted by molar-refractivity contribution is 5.80. The largest absolute Gasteiger partial charge is 0.392 e. The first-order valence-corrected chi connectivity index (χ1v) is 6.96. The predicted octanol–water partition coefficient (Wildman–Crippen LogP) is 2.69. The molecule has 3 nitrogen and oxygen atoms in total. The zero-order valence-corrected chi connectivity index (χ0v) is 11.4. The Bertz CT molecular complexity index is 493. The molecule has 1 fully saturated rings. The van der Waals surface area contributed by atoms with Gasteiger partial charge in [-0.05, 0) is 43.9 Å². The van der Waals surface area contributed by atoms with Crippen molar-refractivity contribution in [3.63, 3.8) is 0 Å². The summed E-state index contributed by atoms with van der Waals surface area (Å²) in [6.45, 7) is 1.79. The Kier molecular flexibility index (Phi) is 4.70. The summed E-state index contributed by atoms with van der Waals surface area (Å²) in [6, 6.07) is 2.64. The van der Waals surface area contributed by atoms with E-state index in [0.29, 0.717) is 19.3 Å². The molecule has 1 saturated carbocycles. The van der Waals surface area contributed by atoms with Crippen molar-refractivity contribution in [2.75, 3.05) is 0 Å². The molecule has 1 aromatic carbocycles. The zero-order chi connectivity index (χ0) is 14.7. The van der Waals surface area contributed by atoms with Crippen LogP contribution in [0.15, 0.2) is 18.2 Å². The van der Waals surface area contributed by atoms with Crippen LogP contribution in [0, 0.1) is 17.6 Å². The van der Waals surface area contributed by atoms with Gasteiger partial charge in [0, 0.05) is 5.56 Å². The molecule has 0 heterocycles. The molecule has 1 amide bonds. The number of amides is 1. The van der Waals surface area contributed by atoms with Gasteiger partial charge in [0.05, 0.1) is 18.1 Å². The van der Waals surface area contributed by atoms with E-state index in [2.05, 4.69) is 5.32 Å². The van der Waals surface area contributed by atoms with Crippen LogP contribution >= 0.6 is 0 Å². The molecule has 0 radical (unpaired) electrons. The summed E-state index contributed by atoms with van der Waals surface area (Å²) in [5.74, 6) is -1.80. The molecular formula is C15H19F2NO2. The maximum absolute atomic E-state index is 13.7. The molecule has 1 aliphatic rings. The number of carbonyl (C=O) groups excluding carboxylic acids is 1. The Morgan fingerprint density at radius 3 is 2.80 bits per heavy atom. The molecular weight excluding hydrogens is 264 g/mol. The number of benzene rings is 1. The minimum Gasteiger partial charge on any atom is -0.392 e. The summed E-state index contributed by atoms with van der Waals surface area (Å²) in [6.07, 6.45) is 1.88. The van der Waals surface area contributed by atoms with E-state index in [1.807, 2.05) is 0 Å². The van der Waals surface area contributed by atoms with Crippen molar-refractivity contribution in [1.82, 2.24) is 5.32 Å².